The third kappa shape index (κ3) is 1.94. The Bertz CT molecular complexity index is 193. The van der Waals surface area contributed by atoms with Gasteiger partial charge in [0, 0.05) is 0 Å². The molecular weight excluding hydrogens is 160 g/mol. The minimum absolute atomic E-state index is 0.317. The maximum absolute atomic E-state index is 10.7. The molecule has 0 aromatic rings. The number of hydrogen-bond acceptors (Lipinski definition) is 4. The minimum atomic E-state index is -0.785. The molecule has 0 radical (unpaired) electrons. The number of nitrogens with two attached hydrogens (primary N) is 2. The van der Waals surface area contributed by atoms with Crippen LogP contribution in [0.5, 0.6) is 0 Å². The van der Waals surface area contributed by atoms with Crippen molar-refractivity contribution in [3.8, 4) is 0 Å². The number of hydrogen-bond donors (Lipinski definition) is 2. The van der Waals surface area contributed by atoms with E-state index in [4.69, 9.17) is 20.9 Å². The van der Waals surface area contributed by atoms with E-state index in [1.165, 1.54) is 0 Å². The summed E-state index contributed by atoms with van der Waals surface area (Å²) in [6.07, 6.45) is -0.419. The van der Waals surface area contributed by atoms with Gasteiger partial charge in [-0.25, -0.2) is 0 Å². The molecule has 0 bridgehead atoms. The lowest BCUT2D eigenvalue weighted by molar-refractivity contribution is -0.144. The quantitative estimate of drug-likeness (QED) is 0.559. The number of primary amides is 1. The van der Waals surface area contributed by atoms with E-state index in [9.17, 15) is 4.79 Å². The molecule has 1 heterocycles. The summed E-state index contributed by atoms with van der Waals surface area (Å²) in [5.74, 6) is -1.22. The Morgan fingerprint density at radius 3 is 2.58 bits per heavy atom. The molecule has 1 rings (SSSR count). The van der Waals surface area contributed by atoms with Crippen molar-refractivity contribution >= 4 is 5.91 Å². The van der Waals surface area contributed by atoms with Crippen molar-refractivity contribution in [1.82, 2.24) is 0 Å². The smallest absolute Gasteiger partial charge is 0.237 e. The Labute approximate surface area is 71.0 Å². The van der Waals surface area contributed by atoms with Gasteiger partial charge in [-0.2, -0.15) is 0 Å². The summed E-state index contributed by atoms with van der Waals surface area (Å²) < 4.78 is 10.5. The molecule has 0 saturated carbocycles. The number of rotatable bonds is 2. The maximum atomic E-state index is 10.7. The SMILES string of the molecule is CC1(C)OC[C@@H]([C@H](N)C(N)=O)O1. The van der Waals surface area contributed by atoms with Gasteiger partial charge >= 0.3 is 0 Å². The third-order valence-corrected chi connectivity index (χ3v) is 1.76. The summed E-state index contributed by atoms with van der Waals surface area (Å²) in [7, 11) is 0. The van der Waals surface area contributed by atoms with E-state index in [0.29, 0.717) is 6.61 Å². The van der Waals surface area contributed by atoms with Crippen LogP contribution in [0.25, 0.3) is 0 Å². The van der Waals surface area contributed by atoms with Crippen LogP contribution in [0.4, 0.5) is 0 Å². The molecule has 1 saturated heterocycles. The van der Waals surface area contributed by atoms with Gasteiger partial charge < -0.3 is 20.9 Å². The fourth-order valence-electron chi connectivity index (χ4n) is 1.08. The van der Waals surface area contributed by atoms with Crippen LogP contribution < -0.4 is 11.5 Å². The first-order chi connectivity index (χ1) is 5.42. The van der Waals surface area contributed by atoms with Crippen LogP contribution in [-0.2, 0) is 14.3 Å². The first-order valence-corrected chi connectivity index (χ1v) is 3.79. The van der Waals surface area contributed by atoms with Gasteiger partial charge in [-0.15, -0.1) is 0 Å². The molecule has 0 aliphatic carbocycles. The molecule has 5 nitrogen and oxygen atoms in total. The average molecular weight is 174 g/mol. The van der Waals surface area contributed by atoms with Gasteiger partial charge in [-0.05, 0) is 13.8 Å². The van der Waals surface area contributed by atoms with E-state index in [-0.39, 0.29) is 0 Å². The topological polar surface area (TPSA) is 87.6 Å². The highest BCUT2D eigenvalue weighted by atomic mass is 16.7. The molecule has 12 heavy (non-hydrogen) atoms. The second-order valence-corrected chi connectivity index (χ2v) is 3.30. The van der Waals surface area contributed by atoms with Crippen LogP contribution >= 0.6 is 0 Å². The number of carbonyl (C=O) groups is 1. The van der Waals surface area contributed by atoms with E-state index >= 15 is 0 Å². The minimum Gasteiger partial charge on any atom is -0.368 e. The van der Waals surface area contributed by atoms with Crippen LogP contribution in [0.15, 0.2) is 0 Å². The molecule has 1 fully saturated rings. The van der Waals surface area contributed by atoms with Gasteiger partial charge in [0.25, 0.3) is 0 Å². The third-order valence-electron chi connectivity index (χ3n) is 1.76. The maximum Gasteiger partial charge on any atom is 0.237 e. The zero-order valence-corrected chi connectivity index (χ0v) is 7.24. The molecule has 0 unspecified atom stereocenters. The molecular formula is C7H14N2O3. The second kappa shape index (κ2) is 3.01. The van der Waals surface area contributed by atoms with Crippen molar-refractivity contribution in [2.45, 2.75) is 31.8 Å². The molecule has 1 aliphatic heterocycles. The van der Waals surface area contributed by atoms with Gasteiger partial charge in [0.1, 0.15) is 12.1 Å². The Morgan fingerprint density at radius 2 is 2.25 bits per heavy atom. The summed E-state index contributed by atoms with van der Waals surface area (Å²) in [4.78, 5) is 10.7. The van der Waals surface area contributed by atoms with E-state index < -0.39 is 23.8 Å². The normalized spacial score (nSPS) is 30.1. The number of ether oxygens (including phenoxy) is 2. The summed E-state index contributed by atoms with van der Waals surface area (Å²) >= 11 is 0. The summed E-state index contributed by atoms with van der Waals surface area (Å²) in [5, 5.41) is 0. The standard InChI is InChI=1S/C7H14N2O3/c1-7(2)11-3-4(12-7)5(8)6(9)10/h4-5H,3,8H2,1-2H3,(H2,9,10)/t4-,5-/m0/s1. The monoisotopic (exact) mass is 174 g/mol. The van der Waals surface area contributed by atoms with Gasteiger partial charge in [0.15, 0.2) is 5.79 Å². The molecule has 4 N–H and O–H groups in total. The zero-order chi connectivity index (χ0) is 9.35. The molecule has 1 aliphatic rings. The number of carbonyl (C=O) groups excluding carboxylic acids is 1. The summed E-state index contributed by atoms with van der Waals surface area (Å²) in [6.45, 7) is 3.85. The van der Waals surface area contributed by atoms with Crippen LogP contribution in [0.2, 0.25) is 0 Å². The Morgan fingerprint density at radius 1 is 1.67 bits per heavy atom. The van der Waals surface area contributed by atoms with Crippen LogP contribution in [0.1, 0.15) is 13.8 Å². The fourth-order valence-corrected chi connectivity index (χ4v) is 1.08. The lowest BCUT2D eigenvalue weighted by atomic mass is 10.2. The highest BCUT2D eigenvalue weighted by Crippen LogP contribution is 2.23. The highest BCUT2D eigenvalue weighted by molar-refractivity contribution is 5.80. The largest absolute Gasteiger partial charge is 0.368 e. The fraction of sp³-hybridized carbons (Fsp3) is 0.857. The zero-order valence-electron chi connectivity index (χ0n) is 7.24. The Hall–Kier alpha value is -0.650. The molecule has 0 spiro atoms. The average Bonchev–Trinajstić information content (AvgIpc) is 2.28. The van der Waals surface area contributed by atoms with E-state index in [1.54, 1.807) is 13.8 Å². The van der Waals surface area contributed by atoms with Crippen molar-refractivity contribution in [1.29, 1.82) is 0 Å². The van der Waals surface area contributed by atoms with Crippen LogP contribution in [0, 0.1) is 0 Å². The van der Waals surface area contributed by atoms with Crippen molar-refractivity contribution in [2.24, 2.45) is 11.5 Å². The van der Waals surface area contributed by atoms with Crippen molar-refractivity contribution < 1.29 is 14.3 Å². The van der Waals surface area contributed by atoms with E-state index in [1.807, 2.05) is 0 Å². The van der Waals surface area contributed by atoms with Crippen molar-refractivity contribution in [3.63, 3.8) is 0 Å². The lowest BCUT2D eigenvalue weighted by Gasteiger charge is -2.19. The van der Waals surface area contributed by atoms with Crippen molar-refractivity contribution in [2.75, 3.05) is 6.61 Å². The van der Waals surface area contributed by atoms with E-state index in [0.717, 1.165) is 0 Å². The predicted molar refractivity (Wildman–Crippen MR) is 42.1 cm³/mol. The lowest BCUT2D eigenvalue weighted by Crippen LogP contribution is -2.47. The molecule has 0 aromatic heterocycles. The van der Waals surface area contributed by atoms with Gasteiger partial charge in [-0.1, -0.05) is 0 Å². The number of amides is 1. The molecule has 70 valence electrons. The Balaban J connectivity index is 2.52. The van der Waals surface area contributed by atoms with Gasteiger partial charge in [0.2, 0.25) is 5.91 Å². The van der Waals surface area contributed by atoms with Crippen molar-refractivity contribution in [3.05, 3.63) is 0 Å². The first kappa shape index (κ1) is 9.44. The molecule has 5 heteroatoms. The van der Waals surface area contributed by atoms with Crippen LogP contribution in [0.3, 0.4) is 0 Å². The Kier molecular flexibility index (Phi) is 2.36. The predicted octanol–water partition coefficient (Wildman–Crippen LogP) is -1.05. The first-order valence-electron chi connectivity index (χ1n) is 3.79. The molecule has 2 atom stereocenters. The summed E-state index contributed by atoms with van der Waals surface area (Å²) in [6, 6.07) is -0.785. The summed E-state index contributed by atoms with van der Waals surface area (Å²) in [5.41, 5.74) is 10.5. The van der Waals surface area contributed by atoms with Crippen LogP contribution in [-0.4, -0.2) is 30.4 Å². The van der Waals surface area contributed by atoms with Gasteiger partial charge in [0.05, 0.1) is 6.61 Å². The second-order valence-electron chi connectivity index (χ2n) is 3.30. The highest BCUT2D eigenvalue weighted by Gasteiger charge is 2.37. The van der Waals surface area contributed by atoms with E-state index in [2.05, 4.69) is 0 Å². The molecule has 1 amide bonds. The molecule has 0 aromatic carbocycles. The van der Waals surface area contributed by atoms with Gasteiger partial charge in [-0.3, -0.25) is 4.79 Å².